The average molecular weight is 361 g/mol. The van der Waals surface area contributed by atoms with Gasteiger partial charge >= 0.3 is 12.0 Å². The van der Waals surface area contributed by atoms with Gasteiger partial charge in [-0.05, 0) is 25.0 Å². The zero-order chi connectivity index (χ0) is 16.8. The first-order chi connectivity index (χ1) is 11.0. The molecule has 0 radical (unpaired) electrons. The number of aliphatic carboxylic acids is 1. The molecule has 8 heteroatoms. The van der Waals surface area contributed by atoms with Crippen molar-refractivity contribution in [3.05, 3.63) is 28.2 Å². The van der Waals surface area contributed by atoms with Crippen LogP contribution in [0.15, 0.2) is 18.2 Å². The minimum Gasteiger partial charge on any atom is -0.492 e. The number of likely N-dealkylation sites (tertiary alicyclic amines) is 1. The molecular formula is C15H18Cl2N2O4. The molecule has 1 heterocycles. The van der Waals surface area contributed by atoms with E-state index in [9.17, 15) is 9.59 Å². The number of hydrogen-bond acceptors (Lipinski definition) is 3. The van der Waals surface area contributed by atoms with Gasteiger partial charge in [-0.2, -0.15) is 0 Å². The number of ether oxygens (including phenoxy) is 1. The molecule has 1 aliphatic rings. The molecule has 0 bridgehead atoms. The van der Waals surface area contributed by atoms with Gasteiger partial charge in [0.1, 0.15) is 12.4 Å². The number of rotatable bonds is 5. The van der Waals surface area contributed by atoms with E-state index in [1.54, 1.807) is 23.1 Å². The Morgan fingerprint density at radius 3 is 2.57 bits per heavy atom. The third-order valence-corrected chi connectivity index (χ3v) is 4.41. The van der Waals surface area contributed by atoms with Gasteiger partial charge in [-0.3, -0.25) is 4.79 Å². The van der Waals surface area contributed by atoms with Gasteiger partial charge in [-0.25, -0.2) is 4.79 Å². The van der Waals surface area contributed by atoms with Crippen LogP contribution >= 0.6 is 23.2 Å². The Hall–Kier alpha value is -1.66. The summed E-state index contributed by atoms with van der Waals surface area (Å²) in [6.07, 6.45) is 0.977. The van der Waals surface area contributed by atoms with Gasteiger partial charge in [0.25, 0.3) is 0 Å². The lowest BCUT2D eigenvalue weighted by Gasteiger charge is -2.30. The number of nitrogens with zero attached hydrogens (tertiary/aromatic N) is 1. The molecule has 1 aromatic carbocycles. The predicted molar refractivity (Wildman–Crippen MR) is 87.3 cm³/mol. The van der Waals surface area contributed by atoms with Gasteiger partial charge < -0.3 is 20.1 Å². The number of carboxylic acid groups (broad SMARTS) is 1. The van der Waals surface area contributed by atoms with Crippen molar-refractivity contribution >= 4 is 35.2 Å². The molecule has 0 atom stereocenters. The van der Waals surface area contributed by atoms with Crippen molar-refractivity contribution in [3.8, 4) is 5.75 Å². The van der Waals surface area contributed by atoms with Gasteiger partial charge in [-0.1, -0.05) is 23.2 Å². The van der Waals surface area contributed by atoms with Crippen LogP contribution in [0.1, 0.15) is 12.8 Å². The molecule has 0 spiro atoms. The van der Waals surface area contributed by atoms with Crippen molar-refractivity contribution in [1.82, 2.24) is 10.2 Å². The standard InChI is InChI=1S/C15H18Cl2N2O4/c16-12-2-1-11(9-13(12)17)23-8-5-18-15(22)19-6-3-10(4-7-19)14(20)21/h1-2,9-10H,3-8H2,(H,18,22)(H,20,21). The maximum Gasteiger partial charge on any atom is 0.317 e. The van der Waals surface area contributed by atoms with E-state index in [4.69, 9.17) is 33.0 Å². The van der Waals surface area contributed by atoms with Crippen molar-refractivity contribution in [2.75, 3.05) is 26.2 Å². The van der Waals surface area contributed by atoms with E-state index >= 15 is 0 Å². The number of urea groups is 1. The third kappa shape index (κ3) is 5.18. The number of amides is 2. The van der Waals surface area contributed by atoms with E-state index < -0.39 is 5.97 Å². The van der Waals surface area contributed by atoms with Crippen molar-refractivity contribution in [2.24, 2.45) is 5.92 Å². The maximum atomic E-state index is 12.0. The Bertz CT molecular complexity index is 575. The Kier molecular flexibility index (Phi) is 6.36. The van der Waals surface area contributed by atoms with Crippen molar-refractivity contribution in [3.63, 3.8) is 0 Å². The summed E-state index contributed by atoms with van der Waals surface area (Å²) >= 11 is 11.7. The van der Waals surface area contributed by atoms with Crippen LogP contribution in [0.2, 0.25) is 10.0 Å². The highest BCUT2D eigenvalue weighted by Gasteiger charge is 2.26. The summed E-state index contributed by atoms with van der Waals surface area (Å²) in [5, 5.41) is 12.5. The monoisotopic (exact) mass is 360 g/mol. The van der Waals surface area contributed by atoms with Gasteiger partial charge in [0.2, 0.25) is 0 Å². The number of benzene rings is 1. The Labute approximate surface area is 144 Å². The van der Waals surface area contributed by atoms with E-state index in [0.29, 0.717) is 54.9 Å². The summed E-state index contributed by atoms with van der Waals surface area (Å²) in [5.41, 5.74) is 0. The minimum atomic E-state index is -0.792. The fraction of sp³-hybridized carbons (Fsp3) is 0.467. The van der Waals surface area contributed by atoms with E-state index in [1.165, 1.54) is 0 Å². The summed E-state index contributed by atoms with van der Waals surface area (Å²) in [5.74, 6) is -0.562. The molecule has 2 amide bonds. The second-order valence-corrected chi connectivity index (χ2v) is 6.07. The zero-order valence-electron chi connectivity index (χ0n) is 12.4. The molecule has 0 aromatic heterocycles. The fourth-order valence-corrected chi connectivity index (χ4v) is 2.62. The highest BCUT2D eigenvalue weighted by molar-refractivity contribution is 6.42. The van der Waals surface area contributed by atoms with E-state index in [1.807, 2.05) is 0 Å². The zero-order valence-corrected chi connectivity index (χ0v) is 13.9. The first-order valence-corrected chi connectivity index (χ1v) is 8.06. The summed E-state index contributed by atoms with van der Waals surface area (Å²) in [4.78, 5) is 24.4. The summed E-state index contributed by atoms with van der Waals surface area (Å²) in [7, 11) is 0. The van der Waals surface area contributed by atoms with Crippen LogP contribution in [0.25, 0.3) is 0 Å². The molecule has 0 aliphatic carbocycles. The lowest BCUT2D eigenvalue weighted by Crippen LogP contribution is -2.46. The molecule has 2 N–H and O–H groups in total. The second kappa shape index (κ2) is 8.26. The molecule has 23 heavy (non-hydrogen) atoms. The SMILES string of the molecule is O=C(O)C1CCN(C(=O)NCCOc2ccc(Cl)c(Cl)c2)CC1. The van der Waals surface area contributed by atoms with Crippen LogP contribution in [0.3, 0.4) is 0 Å². The molecule has 126 valence electrons. The van der Waals surface area contributed by atoms with Crippen LogP contribution in [0.4, 0.5) is 4.79 Å². The van der Waals surface area contributed by atoms with Crippen LogP contribution in [-0.2, 0) is 4.79 Å². The molecule has 2 rings (SSSR count). The summed E-state index contributed by atoms with van der Waals surface area (Å²) in [6, 6.07) is 4.76. The number of carboxylic acids is 1. The maximum absolute atomic E-state index is 12.0. The predicted octanol–water partition coefficient (Wildman–Crippen LogP) is 2.88. The van der Waals surface area contributed by atoms with E-state index in [2.05, 4.69) is 5.32 Å². The molecule has 0 saturated carbocycles. The Balaban J connectivity index is 1.67. The first-order valence-electron chi connectivity index (χ1n) is 7.31. The van der Waals surface area contributed by atoms with E-state index in [0.717, 1.165) is 0 Å². The van der Waals surface area contributed by atoms with Crippen molar-refractivity contribution in [2.45, 2.75) is 12.8 Å². The third-order valence-electron chi connectivity index (χ3n) is 3.67. The summed E-state index contributed by atoms with van der Waals surface area (Å²) < 4.78 is 5.47. The highest BCUT2D eigenvalue weighted by atomic mass is 35.5. The van der Waals surface area contributed by atoms with Gasteiger partial charge in [-0.15, -0.1) is 0 Å². The first kappa shape index (κ1) is 17.7. The molecule has 1 aromatic rings. The topological polar surface area (TPSA) is 78.9 Å². The molecule has 0 unspecified atom stereocenters. The largest absolute Gasteiger partial charge is 0.492 e. The lowest BCUT2D eigenvalue weighted by molar-refractivity contribution is -0.143. The highest BCUT2D eigenvalue weighted by Crippen LogP contribution is 2.26. The quantitative estimate of drug-likeness (QED) is 0.791. The molecular weight excluding hydrogens is 343 g/mol. The van der Waals surface area contributed by atoms with Gasteiger partial charge in [0.05, 0.1) is 22.5 Å². The second-order valence-electron chi connectivity index (χ2n) is 5.26. The molecule has 1 fully saturated rings. The van der Waals surface area contributed by atoms with Crippen LogP contribution in [0.5, 0.6) is 5.75 Å². The smallest absolute Gasteiger partial charge is 0.317 e. The van der Waals surface area contributed by atoms with Crippen LogP contribution in [-0.4, -0.2) is 48.2 Å². The number of hydrogen-bond donors (Lipinski definition) is 2. The Morgan fingerprint density at radius 2 is 1.96 bits per heavy atom. The van der Waals surface area contributed by atoms with Crippen LogP contribution < -0.4 is 10.1 Å². The van der Waals surface area contributed by atoms with Gasteiger partial charge in [0.15, 0.2) is 0 Å². The number of nitrogens with one attached hydrogen (secondary N) is 1. The molecule has 1 saturated heterocycles. The molecule has 1 aliphatic heterocycles. The average Bonchev–Trinajstić information content (AvgIpc) is 2.54. The normalized spacial score (nSPS) is 15.3. The molecule has 6 nitrogen and oxygen atoms in total. The van der Waals surface area contributed by atoms with Gasteiger partial charge in [0, 0.05) is 19.2 Å². The number of halogens is 2. The fourth-order valence-electron chi connectivity index (χ4n) is 2.33. The Morgan fingerprint density at radius 1 is 1.26 bits per heavy atom. The van der Waals surface area contributed by atoms with Crippen molar-refractivity contribution < 1.29 is 19.4 Å². The number of piperidine rings is 1. The number of carbonyl (C=O) groups is 2. The van der Waals surface area contributed by atoms with E-state index in [-0.39, 0.29) is 11.9 Å². The van der Waals surface area contributed by atoms with Crippen LogP contribution in [0, 0.1) is 5.92 Å². The van der Waals surface area contributed by atoms with Crippen molar-refractivity contribution in [1.29, 1.82) is 0 Å². The number of carbonyl (C=O) groups excluding carboxylic acids is 1. The minimum absolute atomic E-state index is 0.202. The lowest BCUT2D eigenvalue weighted by atomic mass is 9.97. The summed E-state index contributed by atoms with van der Waals surface area (Å²) in [6.45, 7) is 1.56.